The van der Waals surface area contributed by atoms with Crippen LogP contribution in [0.5, 0.6) is 0 Å². The van der Waals surface area contributed by atoms with E-state index in [-0.39, 0.29) is 36.3 Å². The van der Waals surface area contributed by atoms with Crippen LogP contribution in [0.3, 0.4) is 0 Å². The molecule has 5 aliphatic rings. The van der Waals surface area contributed by atoms with Gasteiger partial charge in [-0.3, -0.25) is 19.3 Å². The normalized spacial score (nSPS) is 32.9. The number of hydrogen-bond acceptors (Lipinski definition) is 4. The number of esters is 1. The second-order valence-electron chi connectivity index (χ2n) is 11.4. The van der Waals surface area contributed by atoms with Crippen LogP contribution in [0.4, 0.5) is 0 Å². The minimum Gasteiger partial charge on any atom is -0.461 e. The highest BCUT2D eigenvalue weighted by atomic mass is 16.5. The van der Waals surface area contributed by atoms with Crippen molar-refractivity contribution >= 4 is 17.8 Å². The lowest BCUT2D eigenvalue weighted by Gasteiger charge is -2.45. The summed E-state index contributed by atoms with van der Waals surface area (Å²) in [7, 11) is 0. The Morgan fingerprint density at radius 3 is 1.83 bits per heavy atom. The van der Waals surface area contributed by atoms with E-state index in [9.17, 15) is 14.4 Å². The number of ether oxygens (including phenoxy) is 1. The van der Waals surface area contributed by atoms with Crippen LogP contribution in [0.1, 0.15) is 74.1 Å². The molecular formula is C30H33NO4. The zero-order chi connectivity index (χ0) is 24.4. The van der Waals surface area contributed by atoms with Crippen molar-refractivity contribution in [3.63, 3.8) is 0 Å². The highest BCUT2D eigenvalue weighted by Crippen LogP contribution is 2.60. The lowest BCUT2D eigenvalue weighted by molar-refractivity contribution is -0.161. The van der Waals surface area contributed by atoms with Crippen molar-refractivity contribution in [2.24, 2.45) is 29.6 Å². The Hall–Kier alpha value is -2.95. The number of carbonyl (C=O) groups is 3. The van der Waals surface area contributed by atoms with Gasteiger partial charge in [-0.2, -0.15) is 0 Å². The molecule has 0 spiro atoms. The van der Waals surface area contributed by atoms with Gasteiger partial charge in [-0.25, -0.2) is 0 Å². The first-order chi connectivity index (χ1) is 16.9. The van der Waals surface area contributed by atoms with Crippen molar-refractivity contribution in [3.05, 3.63) is 70.8 Å². The van der Waals surface area contributed by atoms with Crippen LogP contribution in [-0.4, -0.2) is 35.3 Å². The molecule has 35 heavy (non-hydrogen) atoms. The molecule has 5 atom stereocenters. The van der Waals surface area contributed by atoms with Gasteiger partial charge in [-0.1, -0.05) is 75.7 Å². The largest absolute Gasteiger partial charge is 0.461 e. The average Bonchev–Trinajstić information content (AvgIpc) is 3.09. The smallest absolute Gasteiger partial charge is 0.326 e. The summed E-state index contributed by atoms with van der Waals surface area (Å²) in [6.45, 7) is 6.25. The molecule has 1 saturated heterocycles. The fourth-order valence-corrected chi connectivity index (χ4v) is 7.48. The van der Waals surface area contributed by atoms with E-state index in [4.69, 9.17) is 4.74 Å². The Kier molecular flexibility index (Phi) is 5.35. The van der Waals surface area contributed by atoms with E-state index in [1.54, 1.807) is 0 Å². The molecule has 1 saturated carbocycles. The Labute approximate surface area is 206 Å². The van der Waals surface area contributed by atoms with Gasteiger partial charge in [0.2, 0.25) is 11.8 Å². The fraction of sp³-hybridized carbons (Fsp3) is 0.500. The Balaban J connectivity index is 1.28. The van der Waals surface area contributed by atoms with Crippen molar-refractivity contribution in [1.29, 1.82) is 0 Å². The highest BCUT2D eigenvalue weighted by Gasteiger charge is 2.61. The second-order valence-corrected chi connectivity index (χ2v) is 11.4. The molecule has 2 aromatic carbocycles. The maximum Gasteiger partial charge on any atom is 0.326 e. The zero-order valence-corrected chi connectivity index (χ0v) is 20.6. The van der Waals surface area contributed by atoms with Crippen molar-refractivity contribution in [3.8, 4) is 0 Å². The molecule has 0 radical (unpaired) electrons. The van der Waals surface area contributed by atoms with Crippen molar-refractivity contribution in [2.45, 2.75) is 58.0 Å². The summed E-state index contributed by atoms with van der Waals surface area (Å²) in [4.78, 5) is 41.7. The van der Waals surface area contributed by atoms with Crippen LogP contribution in [0.25, 0.3) is 0 Å². The van der Waals surface area contributed by atoms with Gasteiger partial charge in [0.05, 0.1) is 11.8 Å². The molecule has 0 aromatic heterocycles. The first-order valence-corrected chi connectivity index (χ1v) is 13.1. The molecular weight excluding hydrogens is 438 g/mol. The summed E-state index contributed by atoms with van der Waals surface area (Å²) < 4.78 is 5.96. The molecule has 2 fully saturated rings. The first kappa shape index (κ1) is 22.5. The number of benzene rings is 2. The number of hydrogen-bond donors (Lipinski definition) is 0. The van der Waals surface area contributed by atoms with E-state index in [0.29, 0.717) is 17.8 Å². The molecule has 182 valence electrons. The van der Waals surface area contributed by atoms with E-state index in [2.05, 4.69) is 45.0 Å². The standard InChI is InChI=1S/C30H33NO4/c1-16(2)18-13-12-17(3)14-23(18)35-24(32)15-31-29(33)27-25-19-8-4-5-9-20(19)26(28(27)30(31)34)22-11-7-6-10-21(22)25/h4-11,16-18,23,25-28H,12-15H2,1-3H3/t17-,18-,23-,25?,26?,27-,28+/m1/s1. The lowest BCUT2D eigenvalue weighted by Crippen LogP contribution is -2.41. The number of imide groups is 1. The van der Waals surface area contributed by atoms with E-state index in [0.717, 1.165) is 41.5 Å². The van der Waals surface area contributed by atoms with Crippen LogP contribution in [0, 0.1) is 29.6 Å². The third-order valence-corrected chi connectivity index (χ3v) is 9.07. The van der Waals surface area contributed by atoms with Crippen LogP contribution in [0.2, 0.25) is 0 Å². The monoisotopic (exact) mass is 471 g/mol. The van der Waals surface area contributed by atoms with Crippen LogP contribution < -0.4 is 0 Å². The molecule has 4 aliphatic carbocycles. The highest BCUT2D eigenvalue weighted by molar-refractivity contribution is 6.09. The quantitative estimate of drug-likeness (QED) is 0.471. The minimum atomic E-state index is -0.461. The maximum atomic E-state index is 13.7. The van der Waals surface area contributed by atoms with Crippen LogP contribution in [0.15, 0.2) is 48.5 Å². The van der Waals surface area contributed by atoms with Gasteiger partial charge in [0.1, 0.15) is 12.6 Å². The van der Waals surface area contributed by atoms with Gasteiger partial charge in [-0.05, 0) is 52.8 Å². The molecule has 2 aromatic rings. The van der Waals surface area contributed by atoms with E-state index in [1.165, 1.54) is 4.90 Å². The van der Waals surface area contributed by atoms with Gasteiger partial charge in [-0.15, -0.1) is 0 Å². The van der Waals surface area contributed by atoms with E-state index < -0.39 is 17.8 Å². The van der Waals surface area contributed by atoms with Crippen LogP contribution >= 0.6 is 0 Å². The molecule has 1 aliphatic heterocycles. The number of carbonyl (C=O) groups excluding carboxylic acids is 3. The Morgan fingerprint density at radius 2 is 1.37 bits per heavy atom. The van der Waals surface area contributed by atoms with E-state index in [1.807, 2.05) is 24.3 Å². The predicted molar refractivity (Wildman–Crippen MR) is 131 cm³/mol. The summed E-state index contributed by atoms with van der Waals surface area (Å²) in [5.74, 6) is -0.883. The van der Waals surface area contributed by atoms with Gasteiger partial charge in [0.15, 0.2) is 0 Å². The third-order valence-electron chi connectivity index (χ3n) is 9.07. The SMILES string of the molecule is CC(C)[C@H]1CC[C@@H](C)C[C@H]1OC(=O)CN1C(=O)[C@@H]2C3c4ccccc4C(c4ccccc43)[C@@H]2C1=O. The van der Waals surface area contributed by atoms with Crippen molar-refractivity contribution in [1.82, 2.24) is 4.90 Å². The average molecular weight is 472 g/mol. The lowest BCUT2D eigenvalue weighted by atomic mass is 9.55. The van der Waals surface area contributed by atoms with E-state index >= 15 is 0 Å². The number of rotatable bonds is 4. The molecule has 0 N–H and O–H groups in total. The number of amides is 2. The summed E-state index contributed by atoms with van der Waals surface area (Å²) in [5, 5.41) is 0. The summed E-state index contributed by atoms with van der Waals surface area (Å²) in [5.41, 5.74) is 4.55. The molecule has 0 unspecified atom stereocenters. The van der Waals surface area contributed by atoms with Gasteiger partial charge < -0.3 is 4.74 Å². The molecule has 5 nitrogen and oxygen atoms in total. The maximum absolute atomic E-state index is 13.7. The first-order valence-electron chi connectivity index (χ1n) is 13.1. The van der Waals surface area contributed by atoms with Crippen LogP contribution in [-0.2, 0) is 19.1 Å². The van der Waals surface area contributed by atoms with Gasteiger partial charge in [0.25, 0.3) is 0 Å². The topological polar surface area (TPSA) is 63.7 Å². The van der Waals surface area contributed by atoms with Gasteiger partial charge >= 0.3 is 5.97 Å². The van der Waals surface area contributed by atoms with Gasteiger partial charge in [0, 0.05) is 11.8 Å². The Bertz CT molecular complexity index is 1090. The molecule has 2 amide bonds. The van der Waals surface area contributed by atoms with Crippen molar-refractivity contribution in [2.75, 3.05) is 6.54 Å². The predicted octanol–water partition coefficient (Wildman–Crippen LogP) is 4.88. The summed E-state index contributed by atoms with van der Waals surface area (Å²) in [6.07, 6.45) is 2.89. The minimum absolute atomic E-state index is 0.147. The molecule has 2 bridgehead atoms. The van der Waals surface area contributed by atoms with Crippen molar-refractivity contribution < 1.29 is 19.1 Å². The molecule has 1 heterocycles. The summed E-state index contributed by atoms with van der Waals surface area (Å²) >= 11 is 0. The molecule has 7 rings (SSSR count). The zero-order valence-electron chi connectivity index (χ0n) is 20.6. The number of nitrogens with zero attached hydrogens (tertiary/aromatic N) is 1. The number of likely N-dealkylation sites (tertiary alicyclic amines) is 1. The fourth-order valence-electron chi connectivity index (χ4n) is 7.48. The Morgan fingerprint density at radius 1 is 0.886 bits per heavy atom. The summed E-state index contributed by atoms with van der Waals surface area (Å²) in [6, 6.07) is 16.4. The second kappa shape index (κ2) is 8.32. The third kappa shape index (κ3) is 3.38. The molecule has 5 heteroatoms.